The van der Waals surface area contributed by atoms with Gasteiger partial charge in [-0.2, -0.15) is 0 Å². The van der Waals surface area contributed by atoms with E-state index in [4.69, 9.17) is 9.47 Å². The third kappa shape index (κ3) is 4.51. The van der Waals surface area contributed by atoms with Gasteiger partial charge in [0.1, 0.15) is 5.92 Å². The van der Waals surface area contributed by atoms with Gasteiger partial charge in [0.15, 0.2) is 11.5 Å². The number of nitrogens with zero attached hydrogens (tertiary/aromatic N) is 1. The van der Waals surface area contributed by atoms with Crippen molar-refractivity contribution >= 4 is 39.3 Å². The van der Waals surface area contributed by atoms with Gasteiger partial charge in [-0.15, -0.1) is 0 Å². The highest BCUT2D eigenvalue weighted by atomic mass is 79.9. The lowest BCUT2D eigenvalue weighted by molar-refractivity contribution is -0.132. The molecular formula is C20H20BrN3O5. The monoisotopic (exact) mass is 461 g/mol. The van der Waals surface area contributed by atoms with E-state index in [1.165, 1.54) is 20.3 Å². The summed E-state index contributed by atoms with van der Waals surface area (Å²) in [6, 6.07) is 11.9. The minimum absolute atomic E-state index is 0.275. The van der Waals surface area contributed by atoms with E-state index in [1.807, 2.05) is 24.3 Å². The number of anilines is 1. The fourth-order valence-electron chi connectivity index (χ4n) is 3.08. The molecule has 2 aromatic carbocycles. The molecular weight excluding hydrogens is 442 g/mol. The Labute approximate surface area is 176 Å². The lowest BCUT2D eigenvalue weighted by Crippen LogP contribution is -2.46. The van der Waals surface area contributed by atoms with Crippen LogP contribution in [0.4, 0.5) is 5.69 Å². The zero-order chi connectivity index (χ0) is 21.0. The third-order valence-corrected chi connectivity index (χ3v) is 5.08. The molecule has 1 heterocycles. The highest BCUT2D eigenvalue weighted by molar-refractivity contribution is 9.10. The van der Waals surface area contributed by atoms with Gasteiger partial charge >= 0.3 is 0 Å². The van der Waals surface area contributed by atoms with Gasteiger partial charge < -0.3 is 14.4 Å². The van der Waals surface area contributed by atoms with Crippen LogP contribution in [0.1, 0.15) is 16.8 Å². The Bertz CT molecular complexity index is 949. The van der Waals surface area contributed by atoms with Crippen LogP contribution in [-0.4, -0.2) is 38.5 Å². The van der Waals surface area contributed by atoms with E-state index >= 15 is 0 Å². The van der Waals surface area contributed by atoms with Crippen molar-refractivity contribution in [2.24, 2.45) is 5.92 Å². The lowest BCUT2D eigenvalue weighted by Gasteiger charge is -2.17. The lowest BCUT2D eigenvalue weighted by atomic mass is 10.1. The number of benzene rings is 2. The molecule has 3 rings (SSSR count). The van der Waals surface area contributed by atoms with Crippen LogP contribution in [0.5, 0.6) is 11.5 Å². The van der Waals surface area contributed by atoms with Crippen molar-refractivity contribution < 1.29 is 23.9 Å². The molecule has 9 heteroatoms. The van der Waals surface area contributed by atoms with Gasteiger partial charge in [-0.3, -0.25) is 25.2 Å². The molecule has 0 radical (unpaired) electrons. The van der Waals surface area contributed by atoms with Gasteiger partial charge in [-0.25, -0.2) is 0 Å². The SMILES string of the molecule is COc1ccc(C(=O)NNC(=O)C2CCN(c3cccc(Br)c3)C2=O)cc1OC. The smallest absolute Gasteiger partial charge is 0.269 e. The zero-order valence-corrected chi connectivity index (χ0v) is 17.5. The van der Waals surface area contributed by atoms with Gasteiger partial charge in [0.25, 0.3) is 11.8 Å². The molecule has 0 aromatic heterocycles. The van der Waals surface area contributed by atoms with Crippen molar-refractivity contribution in [3.63, 3.8) is 0 Å². The number of rotatable bonds is 5. The summed E-state index contributed by atoms with van der Waals surface area (Å²) in [6.45, 7) is 0.428. The predicted molar refractivity (Wildman–Crippen MR) is 110 cm³/mol. The standard InChI is InChI=1S/C20H20BrN3O5/c1-28-16-7-6-12(10-17(16)29-2)18(25)22-23-19(26)15-8-9-24(20(15)27)14-5-3-4-13(21)11-14/h3-7,10-11,15H,8-9H2,1-2H3,(H,22,25)(H,23,26). The largest absolute Gasteiger partial charge is 0.493 e. The topological polar surface area (TPSA) is 97.0 Å². The molecule has 1 aliphatic rings. The molecule has 2 N–H and O–H groups in total. The van der Waals surface area contributed by atoms with Crippen molar-refractivity contribution in [3.05, 3.63) is 52.5 Å². The average molecular weight is 462 g/mol. The van der Waals surface area contributed by atoms with E-state index in [2.05, 4.69) is 26.8 Å². The first-order valence-corrected chi connectivity index (χ1v) is 9.63. The molecule has 1 atom stereocenters. The summed E-state index contributed by atoms with van der Waals surface area (Å²) in [6.07, 6.45) is 0.364. The Hall–Kier alpha value is -3.07. The molecule has 152 valence electrons. The number of ether oxygens (including phenoxy) is 2. The van der Waals surface area contributed by atoms with Crippen LogP contribution in [0.2, 0.25) is 0 Å². The normalized spacial score (nSPS) is 15.8. The highest BCUT2D eigenvalue weighted by Gasteiger charge is 2.37. The Morgan fingerprint density at radius 3 is 2.52 bits per heavy atom. The zero-order valence-electron chi connectivity index (χ0n) is 15.9. The summed E-state index contributed by atoms with van der Waals surface area (Å²) in [5.41, 5.74) is 5.66. The van der Waals surface area contributed by atoms with Gasteiger partial charge in [0.05, 0.1) is 14.2 Å². The first-order chi connectivity index (χ1) is 13.9. The maximum atomic E-state index is 12.6. The minimum Gasteiger partial charge on any atom is -0.493 e. The minimum atomic E-state index is -0.861. The number of nitrogens with one attached hydrogen (secondary N) is 2. The van der Waals surface area contributed by atoms with Crippen LogP contribution in [-0.2, 0) is 9.59 Å². The summed E-state index contributed by atoms with van der Waals surface area (Å²) >= 11 is 3.37. The summed E-state index contributed by atoms with van der Waals surface area (Å²) < 4.78 is 11.1. The fraction of sp³-hybridized carbons (Fsp3) is 0.250. The number of methoxy groups -OCH3 is 2. The first-order valence-electron chi connectivity index (χ1n) is 8.83. The van der Waals surface area contributed by atoms with Crippen molar-refractivity contribution in [2.45, 2.75) is 6.42 Å². The van der Waals surface area contributed by atoms with Crippen molar-refractivity contribution in [1.29, 1.82) is 0 Å². The molecule has 0 aliphatic carbocycles. The first kappa shape index (κ1) is 20.7. The maximum Gasteiger partial charge on any atom is 0.269 e. The van der Waals surface area contributed by atoms with E-state index in [0.717, 1.165) is 4.47 Å². The van der Waals surface area contributed by atoms with E-state index in [9.17, 15) is 14.4 Å². The third-order valence-electron chi connectivity index (χ3n) is 4.59. The Balaban J connectivity index is 1.61. The summed E-state index contributed by atoms with van der Waals surface area (Å²) in [5, 5.41) is 0. The van der Waals surface area contributed by atoms with E-state index in [0.29, 0.717) is 30.2 Å². The summed E-state index contributed by atoms with van der Waals surface area (Å²) in [5.74, 6) is -1.38. The molecule has 2 aromatic rings. The number of amides is 3. The van der Waals surface area contributed by atoms with Crippen LogP contribution >= 0.6 is 15.9 Å². The fourth-order valence-corrected chi connectivity index (χ4v) is 3.47. The molecule has 0 saturated carbocycles. The van der Waals surface area contributed by atoms with Crippen molar-refractivity contribution in [1.82, 2.24) is 10.9 Å². The quantitative estimate of drug-likeness (QED) is 0.525. The molecule has 1 fully saturated rings. The number of hydrogen-bond donors (Lipinski definition) is 2. The van der Waals surface area contributed by atoms with Crippen LogP contribution in [0.15, 0.2) is 46.9 Å². The highest BCUT2D eigenvalue weighted by Crippen LogP contribution is 2.28. The second-order valence-corrected chi connectivity index (χ2v) is 7.24. The molecule has 0 bridgehead atoms. The van der Waals surface area contributed by atoms with Crippen LogP contribution < -0.4 is 25.2 Å². The number of carbonyl (C=O) groups excluding carboxylic acids is 3. The van der Waals surface area contributed by atoms with Gasteiger partial charge in [0.2, 0.25) is 5.91 Å². The second kappa shape index (κ2) is 8.95. The van der Waals surface area contributed by atoms with Crippen molar-refractivity contribution in [2.75, 3.05) is 25.7 Å². The molecule has 8 nitrogen and oxygen atoms in total. The number of carbonyl (C=O) groups is 3. The second-order valence-electron chi connectivity index (χ2n) is 6.32. The summed E-state index contributed by atoms with van der Waals surface area (Å²) in [4.78, 5) is 38.9. The molecule has 1 aliphatic heterocycles. The molecule has 3 amide bonds. The van der Waals surface area contributed by atoms with E-state index in [1.54, 1.807) is 17.0 Å². The van der Waals surface area contributed by atoms with Gasteiger partial charge in [0, 0.05) is 22.3 Å². The summed E-state index contributed by atoms with van der Waals surface area (Å²) in [7, 11) is 2.96. The molecule has 29 heavy (non-hydrogen) atoms. The van der Waals surface area contributed by atoms with Gasteiger partial charge in [-0.1, -0.05) is 22.0 Å². The average Bonchev–Trinajstić information content (AvgIpc) is 3.12. The van der Waals surface area contributed by atoms with E-state index < -0.39 is 17.7 Å². The Morgan fingerprint density at radius 2 is 1.83 bits per heavy atom. The number of hydrazine groups is 1. The van der Waals surface area contributed by atoms with E-state index in [-0.39, 0.29) is 11.5 Å². The van der Waals surface area contributed by atoms with Crippen LogP contribution in [0.25, 0.3) is 0 Å². The van der Waals surface area contributed by atoms with Crippen LogP contribution in [0.3, 0.4) is 0 Å². The molecule has 1 saturated heterocycles. The molecule has 1 unspecified atom stereocenters. The number of halogens is 1. The number of hydrogen-bond acceptors (Lipinski definition) is 5. The maximum absolute atomic E-state index is 12.6. The Kier molecular flexibility index (Phi) is 6.38. The van der Waals surface area contributed by atoms with Crippen molar-refractivity contribution in [3.8, 4) is 11.5 Å². The van der Waals surface area contributed by atoms with Crippen LogP contribution in [0, 0.1) is 5.92 Å². The predicted octanol–water partition coefficient (Wildman–Crippen LogP) is 2.28. The molecule has 0 spiro atoms. The Morgan fingerprint density at radius 1 is 1.07 bits per heavy atom. The van der Waals surface area contributed by atoms with Gasteiger partial charge in [-0.05, 0) is 42.8 Å².